The molecule has 24 heavy (non-hydrogen) atoms. The number of hydrogen-bond donors (Lipinski definition) is 1. The zero-order valence-electron chi connectivity index (χ0n) is 14.2. The van der Waals surface area contributed by atoms with Crippen LogP contribution in [0.4, 0.5) is 0 Å². The molecule has 1 atom stereocenters. The van der Waals surface area contributed by atoms with Gasteiger partial charge in [-0.1, -0.05) is 6.07 Å². The fraction of sp³-hybridized carbons (Fsp3) is 0.556. The number of hydroxylamine groups is 2. The van der Waals surface area contributed by atoms with Gasteiger partial charge >= 0.3 is 0 Å². The largest absolute Gasteiger partial charge is 0.381 e. The Morgan fingerprint density at radius 1 is 1.38 bits per heavy atom. The van der Waals surface area contributed by atoms with E-state index in [1.54, 1.807) is 14.2 Å². The number of methoxy groups -OCH3 is 1. The number of hydrogen-bond acceptors (Lipinski definition) is 6. The molecule has 6 nitrogen and oxygen atoms in total. The first-order valence-electron chi connectivity index (χ1n) is 8.40. The summed E-state index contributed by atoms with van der Waals surface area (Å²) in [5.41, 5.74) is 8.55. The van der Waals surface area contributed by atoms with Crippen molar-refractivity contribution in [1.29, 1.82) is 5.26 Å². The molecule has 1 aromatic carbocycles. The van der Waals surface area contributed by atoms with Crippen molar-refractivity contribution in [2.45, 2.75) is 44.4 Å². The summed E-state index contributed by atoms with van der Waals surface area (Å²) in [6.07, 6.45) is 5.45. The van der Waals surface area contributed by atoms with Gasteiger partial charge < -0.3 is 10.5 Å². The van der Waals surface area contributed by atoms with Crippen LogP contribution in [0.1, 0.15) is 48.6 Å². The third-order valence-corrected chi connectivity index (χ3v) is 5.01. The standard InChI is InChI=1S/C18H24N4O2/c1-22-18(20)21-17(24-22)16-10-13(11-19)3-6-14(16)9-12-4-7-15(23-2)8-5-12/h3,6,10,12,15,17H,4-5,7-9H2,1-2H3,(H2,20,21). The van der Waals surface area contributed by atoms with Gasteiger partial charge in [-0.05, 0) is 55.7 Å². The van der Waals surface area contributed by atoms with Crippen LogP contribution >= 0.6 is 0 Å². The summed E-state index contributed by atoms with van der Waals surface area (Å²) in [6, 6.07) is 7.96. The Kier molecular flexibility index (Phi) is 5.03. The molecule has 1 aromatic rings. The van der Waals surface area contributed by atoms with E-state index in [-0.39, 0.29) is 0 Å². The SMILES string of the molecule is COC1CCC(Cc2ccc(C#N)cc2C2N=C(N)N(C)O2)CC1. The van der Waals surface area contributed by atoms with Crippen molar-refractivity contribution in [3.63, 3.8) is 0 Å². The summed E-state index contributed by atoms with van der Waals surface area (Å²) in [5.74, 6) is 0.984. The molecule has 128 valence electrons. The fourth-order valence-corrected chi connectivity index (χ4v) is 3.52. The molecule has 0 saturated heterocycles. The molecule has 1 fully saturated rings. The van der Waals surface area contributed by atoms with E-state index in [9.17, 15) is 5.26 Å². The van der Waals surface area contributed by atoms with Gasteiger partial charge in [0.15, 0.2) is 0 Å². The molecule has 1 saturated carbocycles. The summed E-state index contributed by atoms with van der Waals surface area (Å²) >= 11 is 0. The predicted octanol–water partition coefficient (Wildman–Crippen LogP) is 2.50. The van der Waals surface area contributed by atoms with Gasteiger partial charge in [-0.25, -0.2) is 14.9 Å². The van der Waals surface area contributed by atoms with Crippen molar-refractivity contribution >= 4 is 5.96 Å². The van der Waals surface area contributed by atoms with Crippen LogP contribution in [0.3, 0.4) is 0 Å². The Morgan fingerprint density at radius 3 is 2.71 bits per heavy atom. The zero-order valence-corrected chi connectivity index (χ0v) is 14.2. The Labute approximate surface area is 142 Å². The van der Waals surface area contributed by atoms with Gasteiger partial charge in [0, 0.05) is 19.7 Å². The number of nitrogens with zero attached hydrogens (tertiary/aromatic N) is 3. The lowest BCUT2D eigenvalue weighted by atomic mass is 9.82. The fourth-order valence-electron chi connectivity index (χ4n) is 3.52. The van der Waals surface area contributed by atoms with E-state index in [1.807, 2.05) is 18.2 Å². The second-order valence-electron chi connectivity index (χ2n) is 6.55. The van der Waals surface area contributed by atoms with Gasteiger partial charge in [-0.15, -0.1) is 0 Å². The number of aliphatic imine (C=N–C) groups is 1. The number of nitriles is 1. The molecule has 1 aliphatic carbocycles. The molecule has 3 rings (SSSR count). The van der Waals surface area contributed by atoms with Gasteiger partial charge in [-0.2, -0.15) is 5.26 Å². The maximum absolute atomic E-state index is 9.20. The minimum Gasteiger partial charge on any atom is -0.381 e. The quantitative estimate of drug-likeness (QED) is 0.918. The minimum absolute atomic E-state index is 0.355. The molecular weight excluding hydrogens is 304 g/mol. The van der Waals surface area contributed by atoms with Gasteiger partial charge in [0.1, 0.15) is 0 Å². The van der Waals surface area contributed by atoms with E-state index in [1.165, 1.54) is 10.6 Å². The molecule has 1 aliphatic heterocycles. The molecule has 2 N–H and O–H groups in total. The predicted molar refractivity (Wildman–Crippen MR) is 90.8 cm³/mol. The van der Waals surface area contributed by atoms with Crippen LogP contribution in [0, 0.1) is 17.2 Å². The third kappa shape index (κ3) is 3.53. The Hall–Kier alpha value is -2.10. The van der Waals surface area contributed by atoms with E-state index < -0.39 is 6.23 Å². The lowest BCUT2D eigenvalue weighted by molar-refractivity contribution is -0.107. The van der Waals surface area contributed by atoms with Crippen LogP contribution in [0.5, 0.6) is 0 Å². The normalized spacial score (nSPS) is 27.0. The molecule has 0 bridgehead atoms. The van der Waals surface area contributed by atoms with Gasteiger partial charge in [0.25, 0.3) is 0 Å². The molecule has 1 unspecified atom stereocenters. The Bertz CT molecular complexity index is 659. The molecule has 1 heterocycles. The number of benzene rings is 1. The Balaban J connectivity index is 1.79. The summed E-state index contributed by atoms with van der Waals surface area (Å²) in [7, 11) is 3.53. The minimum atomic E-state index is -0.464. The molecule has 0 spiro atoms. The van der Waals surface area contributed by atoms with Crippen molar-refractivity contribution in [1.82, 2.24) is 5.06 Å². The highest BCUT2D eigenvalue weighted by Gasteiger charge is 2.27. The van der Waals surface area contributed by atoms with Crippen molar-refractivity contribution in [2.75, 3.05) is 14.2 Å². The van der Waals surface area contributed by atoms with E-state index in [0.717, 1.165) is 37.7 Å². The second kappa shape index (κ2) is 7.20. The zero-order chi connectivity index (χ0) is 17.1. The highest BCUT2D eigenvalue weighted by atomic mass is 16.7. The first-order valence-corrected chi connectivity index (χ1v) is 8.40. The van der Waals surface area contributed by atoms with E-state index in [4.69, 9.17) is 15.3 Å². The highest BCUT2D eigenvalue weighted by molar-refractivity contribution is 5.78. The highest BCUT2D eigenvalue weighted by Crippen LogP contribution is 2.33. The third-order valence-electron chi connectivity index (χ3n) is 5.01. The average molecular weight is 328 g/mol. The van der Waals surface area contributed by atoms with E-state index in [0.29, 0.717) is 23.5 Å². The number of rotatable bonds is 4. The van der Waals surface area contributed by atoms with Crippen LogP contribution in [-0.2, 0) is 16.0 Å². The van der Waals surface area contributed by atoms with Gasteiger partial charge in [0.05, 0.1) is 17.7 Å². The summed E-state index contributed by atoms with van der Waals surface area (Å²) in [5, 5.41) is 10.7. The monoisotopic (exact) mass is 328 g/mol. The smallest absolute Gasteiger partial charge is 0.218 e. The Morgan fingerprint density at radius 2 is 2.12 bits per heavy atom. The lowest BCUT2D eigenvalue weighted by Gasteiger charge is -2.28. The first kappa shape index (κ1) is 16.7. The molecule has 6 heteroatoms. The van der Waals surface area contributed by atoms with Crippen LogP contribution in [0.25, 0.3) is 0 Å². The van der Waals surface area contributed by atoms with Crippen LogP contribution in [0.2, 0.25) is 0 Å². The lowest BCUT2D eigenvalue weighted by Crippen LogP contribution is -2.28. The van der Waals surface area contributed by atoms with Crippen molar-refractivity contribution < 1.29 is 9.57 Å². The van der Waals surface area contributed by atoms with Crippen molar-refractivity contribution in [3.8, 4) is 6.07 Å². The summed E-state index contributed by atoms with van der Waals surface area (Å²) < 4.78 is 5.46. The molecular formula is C18H24N4O2. The molecule has 0 amide bonds. The van der Waals surface area contributed by atoms with Crippen molar-refractivity contribution in [3.05, 3.63) is 34.9 Å². The van der Waals surface area contributed by atoms with E-state index in [2.05, 4.69) is 11.1 Å². The van der Waals surface area contributed by atoms with Crippen LogP contribution < -0.4 is 5.73 Å². The maximum atomic E-state index is 9.20. The summed E-state index contributed by atoms with van der Waals surface area (Å²) in [4.78, 5) is 10.1. The summed E-state index contributed by atoms with van der Waals surface area (Å²) in [6.45, 7) is 0. The molecule has 0 aromatic heterocycles. The van der Waals surface area contributed by atoms with Gasteiger partial charge in [0.2, 0.25) is 12.2 Å². The average Bonchev–Trinajstić information content (AvgIpc) is 2.95. The molecule has 2 aliphatic rings. The van der Waals surface area contributed by atoms with Gasteiger partial charge in [-0.3, -0.25) is 0 Å². The number of guanidine groups is 1. The topological polar surface area (TPSA) is 83.9 Å². The second-order valence-corrected chi connectivity index (χ2v) is 6.55. The maximum Gasteiger partial charge on any atom is 0.218 e. The number of nitrogens with two attached hydrogens (primary N) is 1. The number of ether oxygens (including phenoxy) is 1. The van der Waals surface area contributed by atoms with Crippen molar-refractivity contribution in [2.24, 2.45) is 16.6 Å². The van der Waals surface area contributed by atoms with Crippen LogP contribution in [-0.4, -0.2) is 31.3 Å². The molecule has 0 radical (unpaired) electrons. The first-order chi connectivity index (χ1) is 11.6. The van der Waals surface area contributed by atoms with E-state index >= 15 is 0 Å². The van der Waals surface area contributed by atoms with Crippen LogP contribution in [0.15, 0.2) is 23.2 Å².